The van der Waals surface area contributed by atoms with Gasteiger partial charge in [-0.3, -0.25) is 4.79 Å². The molecule has 0 spiro atoms. The second kappa shape index (κ2) is 5.74. The lowest BCUT2D eigenvalue weighted by Crippen LogP contribution is -2.40. The monoisotopic (exact) mass is 328 g/mol. The molecular weight excluding hydrogens is 312 g/mol. The van der Waals surface area contributed by atoms with Crippen LogP contribution in [-0.2, 0) is 0 Å². The summed E-state index contributed by atoms with van der Waals surface area (Å²) in [4.78, 5) is 22.0. The molecule has 3 heterocycles. The van der Waals surface area contributed by atoms with Crippen LogP contribution in [0.25, 0.3) is 10.9 Å². The van der Waals surface area contributed by atoms with Crippen molar-refractivity contribution in [2.75, 3.05) is 13.1 Å². The van der Waals surface area contributed by atoms with E-state index in [1.807, 2.05) is 41.7 Å². The van der Waals surface area contributed by atoms with Gasteiger partial charge in [-0.25, -0.2) is 4.98 Å². The Bertz CT molecular complexity index is 840. The van der Waals surface area contributed by atoms with Crippen LogP contribution in [0.1, 0.15) is 29.4 Å². The third-order valence-corrected chi connectivity index (χ3v) is 4.68. The zero-order chi connectivity index (χ0) is 15.8. The number of carbonyl (C=O) groups excluding carboxylic acids is 1. The van der Waals surface area contributed by atoms with Gasteiger partial charge in [0.15, 0.2) is 0 Å². The van der Waals surface area contributed by atoms with Crippen molar-refractivity contribution in [2.45, 2.75) is 18.9 Å². The van der Waals surface area contributed by atoms with Crippen LogP contribution in [0.3, 0.4) is 0 Å². The summed E-state index contributed by atoms with van der Waals surface area (Å²) < 4.78 is 2.09. The van der Waals surface area contributed by atoms with Gasteiger partial charge in [-0.1, -0.05) is 11.6 Å². The van der Waals surface area contributed by atoms with Crippen molar-refractivity contribution in [1.82, 2.24) is 19.4 Å². The smallest absolute Gasteiger partial charge is 0.270 e. The first-order valence-electron chi connectivity index (χ1n) is 7.76. The first-order chi connectivity index (χ1) is 11.2. The Hall–Kier alpha value is -2.27. The third kappa shape index (κ3) is 2.72. The van der Waals surface area contributed by atoms with Gasteiger partial charge in [0.1, 0.15) is 5.69 Å². The van der Waals surface area contributed by atoms with E-state index >= 15 is 0 Å². The SMILES string of the molecule is O=C(c1cc2cc(Cl)ccc2[nH]1)N1CCC[C@@H](n2ccnc2)C1. The third-order valence-electron chi connectivity index (χ3n) is 4.44. The number of nitrogens with zero attached hydrogens (tertiary/aromatic N) is 3. The van der Waals surface area contributed by atoms with Crippen molar-refractivity contribution in [3.05, 3.63) is 53.7 Å². The first-order valence-corrected chi connectivity index (χ1v) is 8.13. The van der Waals surface area contributed by atoms with Crippen LogP contribution in [0.15, 0.2) is 43.0 Å². The molecule has 1 amide bonds. The molecule has 1 fully saturated rings. The van der Waals surface area contributed by atoms with Crippen LogP contribution in [0.4, 0.5) is 0 Å². The minimum absolute atomic E-state index is 0.0436. The number of imidazole rings is 1. The van der Waals surface area contributed by atoms with Gasteiger partial charge >= 0.3 is 0 Å². The lowest BCUT2D eigenvalue weighted by Gasteiger charge is -2.33. The van der Waals surface area contributed by atoms with Crippen LogP contribution in [0.5, 0.6) is 0 Å². The maximum atomic E-state index is 12.8. The molecular formula is C17H17ClN4O. The number of H-pyrrole nitrogens is 1. The van der Waals surface area contributed by atoms with Crippen molar-refractivity contribution < 1.29 is 4.79 Å². The molecule has 0 unspecified atom stereocenters. The van der Waals surface area contributed by atoms with Crippen molar-refractivity contribution in [3.8, 4) is 0 Å². The largest absolute Gasteiger partial charge is 0.351 e. The predicted octanol–water partition coefficient (Wildman–Crippen LogP) is 3.50. The average Bonchev–Trinajstić information content (AvgIpc) is 3.23. The number of fused-ring (bicyclic) bond motifs is 1. The Morgan fingerprint density at radius 1 is 1.35 bits per heavy atom. The predicted molar refractivity (Wildman–Crippen MR) is 89.7 cm³/mol. The second-order valence-corrected chi connectivity index (χ2v) is 6.41. The topological polar surface area (TPSA) is 53.9 Å². The maximum Gasteiger partial charge on any atom is 0.270 e. The van der Waals surface area contributed by atoms with Gasteiger partial charge in [0.05, 0.1) is 12.4 Å². The normalized spacial score (nSPS) is 18.5. The van der Waals surface area contributed by atoms with E-state index in [2.05, 4.69) is 14.5 Å². The van der Waals surface area contributed by atoms with Crippen molar-refractivity contribution in [2.24, 2.45) is 0 Å². The van der Waals surface area contributed by atoms with Gasteiger partial charge in [-0.15, -0.1) is 0 Å². The molecule has 4 rings (SSSR count). The highest BCUT2D eigenvalue weighted by Gasteiger charge is 2.26. The van der Waals surface area contributed by atoms with E-state index < -0.39 is 0 Å². The van der Waals surface area contributed by atoms with Crippen LogP contribution in [-0.4, -0.2) is 38.4 Å². The van der Waals surface area contributed by atoms with E-state index in [9.17, 15) is 4.79 Å². The Kier molecular flexibility index (Phi) is 3.58. The molecule has 23 heavy (non-hydrogen) atoms. The average molecular weight is 329 g/mol. The lowest BCUT2D eigenvalue weighted by molar-refractivity contribution is 0.0674. The standard InChI is InChI=1S/C17H17ClN4O/c18-13-3-4-15-12(8-13)9-16(20-15)17(23)21-6-1-2-14(10-21)22-7-5-19-11-22/h3-5,7-9,11,14,20H,1-2,6,10H2/t14-/m1/s1. The summed E-state index contributed by atoms with van der Waals surface area (Å²) in [7, 11) is 0. The molecule has 6 heteroatoms. The van der Waals surface area contributed by atoms with E-state index in [4.69, 9.17) is 11.6 Å². The molecule has 0 bridgehead atoms. The molecule has 1 atom stereocenters. The number of hydrogen-bond acceptors (Lipinski definition) is 2. The molecule has 3 aromatic rings. The number of likely N-dealkylation sites (tertiary alicyclic amines) is 1. The minimum atomic E-state index is 0.0436. The van der Waals surface area contributed by atoms with Gasteiger partial charge < -0.3 is 14.5 Å². The number of aromatic nitrogens is 3. The molecule has 2 aromatic heterocycles. The van der Waals surface area contributed by atoms with Crippen LogP contribution >= 0.6 is 11.6 Å². The van der Waals surface area contributed by atoms with Crippen molar-refractivity contribution >= 4 is 28.4 Å². The zero-order valence-electron chi connectivity index (χ0n) is 12.6. The van der Waals surface area contributed by atoms with E-state index in [1.165, 1.54) is 0 Å². The van der Waals surface area contributed by atoms with Gasteiger partial charge in [0.2, 0.25) is 0 Å². The van der Waals surface area contributed by atoms with Crippen LogP contribution in [0, 0.1) is 0 Å². The van der Waals surface area contributed by atoms with Crippen molar-refractivity contribution in [3.63, 3.8) is 0 Å². The summed E-state index contributed by atoms with van der Waals surface area (Å²) in [5, 5.41) is 1.64. The van der Waals surface area contributed by atoms with Crippen molar-refractivity contribution in [1.29, 1.82) is 0 Å². The minimum Gasteiger partial charge on any atom is -0.351 e. The van der Waals surface area contributed by atoms with Gasteiger partial charge in [-0.05, 0) is 37.1 Å². The molecule has 0 saturated carbocycles. The number of hydrogen-bond donors (Lipinski definition) is 1. The summed E-state index contributed by atoms with van der Waals surface area (Å²) in [5.41, 5.74) is 1.55. The summed E-state index contributed by atoms with van der Waals surface area (Å²) >= 11 is 6.01. The number of aromatic amines is 1. The Labute approximate surface area is 138 Å². The molecule has 0 radical (unpaired) electrons. The van der Waals surface area contributed by atoms with Crippen LogP contribution in [0.2, 0.25) is 5.02 Å². The van der Waals surface area contributed by atoms with E-state index in [0.29, 0.717) is 23.3 Å². The fourth-order valence-corrected chi connectivity index (χ4v) is 3.44. The van der Waals surface area contributed by atoms with Crippen LogP contribution < -0.4 is 0 Å². The quantitative estimate of drug-likeness (QED) is 0.782. The molecule has 0 aliphatic carbocycles. The van der Waals surface area contributed by atoms with E-state index in [1.54, 1.807) is 6.20 Å². The Balaban J connectivity index is 1.57. The zero-order valence-corrected chi connectivity index (χ0v) is 13.3. The second-order valence-electron chi connectivity index (χ2n) is 5.97. The molecule has 1 N–H and O–H groups in total. The van der Waals surface area contributed by atoms with Gasteiger partial charge in [-0.2, -0.15) is 0 Å². The molecule has 1 aliphatic heterocycles. The fourth-order valence-electron chi connectivity index (χ4n) is 3.26. The Morgan fingerprint density at radius 3 is 3.09 bits per heavy atom. The van der Waals surface area contributed by atoms with Gasteiger partial charge in [0.25, 0.3) is 5.91 Å². The highest BCUT2D eigenvalue weighted by molar-refractivity contribution is 6.31. The first kappa shape index (κ1) is 14.3. The molecule has 1 saturated heterocycles. The molecule has 5 nitrogen and oxygen atoms in total. The number of amides is 1. The van der Waals surface area contributed by atoms with Gasteiger partial charge in [0, 0.05) is 41.4 Å². The molecule has 1 aromatic carbocycles. The van der Waals surface area contributed by atoms with E-state index in [0.717, 1.165) is 30.3 Å². The fraction of sp³-hybridized carbons (Fsp3) is 0.294. The number of benzene rings is 1. The summed E-state index contributed by atoms with van der Waals surface area (Å²) in [5.74, 6) is 0.0436. The maximum absolute atomic E-state index is 12.8. The molecule has 118 valence electrons. The Morgan fingerprint density at radius 2 is 2.26 bits per heavy atom. The number of rotatable bonds is 2. The summed E-state index contributed by atoms with van der Waals surface area (Å²) in [6.07, 6.45) is 7.64. The highest BCUT2D eigenvalue weighted by Crippen LogP contribution is 2.24. The lowest BCUT2D eigenvalue weighted by atomic mass is 10.1. The number of halogens is 1. The highest BCUT2D eigenvalue weighted by atomic mass is 35.5. The van der Waals surface area contributed by atoms with E-state index in [-0.39, 0.29) is 5.91 Å². The summed E-state index contributed by atoms with van der Waals surface area (Å²) in [6.45, 7) is 1.51. The number of nitrogens with one attached hydrogen (secondary N) is 1. The molecule has 1 aliphatic rings. The number of piperidine rings is 1. The number of carbonyl (C=O) groups is 1. The summed E-state index contributed by atoms with van der Waals surface area (Å²) in [6, 6.07) is 7.77.